The summed E-state index contributed by atoms with van der Waals surface area (Å²) in [5.41, 5.74) is 2.03. The predicted octanol–water partition coefficient (Wildman–Crippen LogP) is 2.75. The molecule has 0 aromatic heterocycles. The van der Waals surface area contributed by atoms with E-state index in [4.69, 9.17) is 0 Å². The second-order valence-electron chi connectivity index (χ2n) is 6.90. The highest BCUT2D eigenvalue weighted by Crippen LogP contribution is 2.29. The highest BCUT2D eigenvalue weighted by molar-refractivity contribution is 6.22. The lowest BCUT2D eigenvalue weighted by atomic mass is 10.1. The molecule has 1 unspecified atom stereocenters. The van der Waals surface area contributed by atoms with E-state index in [1.54, 1.807) is 42.5 Å². The summed E-state index contributed by atoms with van der Waals surface area (Å²) in [7, 11) is 1.44. The van der Waals surface area contributed by atoms with E-state index in [1.165, 1.54) is 11.9 Å². The number of benzene rings is 2. The molecular weight excluding hydrogens is 358 g/mol. The molecule has 2 aliphatic heterocycles. The van der Waals surface area contributed by atoms with Crippen LogP contribution in [-0.4, -0.2) is 46.6 Å². The van der Waals surface area contributed by atoms with Crippen LogP contribution < -0.4 is 5.32 Å². The summed E-state index contributed by atoms with van der Waals surface area (Å²) in [4.78, 5) is 52.2. The third-order valence-electron chi connectivity index (χ3n) is 5.12. The summed E-state index contributed by atoms with van der Waals surface area (Å²) >= 11 is 0. The highest BCUT2D eigenvalue weighted by atomic mass is 16.2. The van der Waals surface area contributed by atoms with Crippen molar-refractivity contribution in [3.05, 3.63) is 64.7 Å². The monoisotopic (exact) mass is 377 g/mol. The number of carbonyl (C=O) groups is 4. The van der Waals surface area contributed by atoms with Crippen LogP contribution in [0.1, 0.15) is 61.2 Å². The third-order valence-corrected chi connectivity index (χ3v) is 5.12. The Morgan fingerprint density at radius 2 is 1.39 bits per heavy atom. The first-order valence-corrected chi connectivity index (χ1v) is 9.14. The molecule has 28 heavy (non-hydrogen) atoms. The van der Waals surface area contributed by atoms with E-state index >= 15 is 0 Å². The zero-order valence-electron chi connectivity index (χ0n) is 15.6. The van der Waals surface area contributed by atoms with E-state index in [0.717, 1.165) is 11.3 Å². The normalized spacial score (nSPS) is 16.5. The van der Waals surface area contributed by atoms with Gasteiger partial charge >= 0.3 is 0 Å². The maximum atomic E-state index is 12.8. The van der Waals surface area contributed by atoms with E-state index in [2.05, 4.69) is 5.32 Å². The molecular formula is C21H19N3O4. The Morgan fingerprint density at radius 3 is 2.00 bits per heavy atom. The Morgan fingerprint density at radius 1 is 0.821 bits per heavy atom. The minimum atomic E-state index is -0.555. The van der Waals surface area contributed by atoms with Gasteiger partial charge in [-0.1, -0.05) is 25.5 Å². The van der Waals surface area contributed by atoms with E-state index < -0.39 is 6.17 Å². The fraction of sp³-hybridized carbons (Fsp3) is 0.238. The molecule has 1 N–H and O–H groups in total. The lowest BCUT2D eigenvalue weighted by molar-refractivity contribution is 0.0593. The summed E-state index contributed by atoms with van der Waals surface area (Å²) in [5.74, 6) is -1.37. The Balaban J connectivity index is 1.65. The quantitative estimate of drug-likeness (QED) is 0.810. The number of hydrogen-bond acceptors (Lipinski definition) is 5. The second-order valence-corrected chi connectivity index (χ2v) is 6.90. The summed E-state index contributed by atoms with van der Waals surface area (Å²) in [5, 5.41) is 3.20. The van der Waals surface area contributed by atoms with E-state index in [9.17, 15) is 19.2 Å². The SMILES string of the molecule is CCCC(Nc1ccc2c(c1)C(=O)N(C)C2=O)N1C(=O)c2ccccc2C1=O. The number of amides is 4. The molecule has 0 fully saturated rings. The van der Waals surface area contributed by atoms with Crippen molar-refractivity contribution in [3.63, 3.8) is 0 Å². The fourth-order valence-electron chi connectivity index (χ4n) is 3.67. The van der Waals surface area contributed by atoms with Crippen molar-refractivity contribution in [2.24, 2.45) is 0 Å². The number of hydrogen-bond donors (Lipinski definition) is 1. The van der Waals surface area contributed by atoms with Gasteiger partial charge in [-0.05, 0) is 36.8 Å². The van der Waals surface area contributed by atoms with Crippen LogP contribution in [0.3, 0.4) is 0 Å². The molecule has 0 saturated heterocycles. The molecule has 7 nitrogen and oxygen atoms in total. The van der Waals surface area contributed by atoms with Gasteiger partial charge < -0.3 is 5.32 Å². The Hall–Kier alpha value is -3.48. The van der Waals surface area contributed by atoms with Crippen LogP contribution in [0, 0.1) is 0 Å². The first-order valence-electron chi connectivity index (χ1n) is 9.14. The van der Waals surface area contributed by atoms with Crippen molar-refractivity contribution >= 4 is 29.3 Å². The Kier molecular flexibility index (Phi) is 4.22. The van der Waals surface area contributed by atoms with Crippen LogP contribution in [0.2, 0.25) is 0 Å². The zero-order chi connectivity index (χ0) is 20.0. The molecule has 4 amide bonds. The molecule has 0 radical (unpaired) electrons. The van der Waals surface area contributed by atoms with Gasteiger partial charge in [0.15, 0.2) is 0 Å². The van der Waals surface area contributed by atoms with Crippen LogP contribution in [0.5, 0.6) is 0 Å². The molecule has 2 aromatic rings. The average Bonchev–Trinajstić information content (AvgIpc) is 3.08. The van der Waals surface area contributed by atoms with Gasteiger partial charge in [-0.15, -0.1) is 0 Å². The molecule has 0 saturated carbocycles. The lowest BCUT2D eigenvalue weighted by Crippen LogP contribution is -2.44. The molecule has 2 aromatic carbocycles. The van der Waals surface area contributed by atoms with Gasteiger partial charge in [-0.3, -0.25) is 29.0 Å². The minimum Gasteiger partial charge on any atom is -0.365 e. The van der Waals surface area contributed by atoms with E-state index in [1.807, 2.05) is 6.92 Å². The first kappa shape index (κ1) is 17.9. The minimum absolute atomic E-state index is 0.315. The van der Waals surface area contributed by atoms with Gasteiger partial charge in [0.25, 0.3) is 23.6 Å². The highest BCUT2D eigenvalue weighted by Gasteiger charge is 2.40. The third kappa shape index (κ3) is 2.58. The molecule has 142 valence electrons. The Labute approximate surface area is 161 Å². The molecule has 1 atom stereocenters. The smallest absolute Gasteiger partial charge is 0.263 e. The topological polar surface area (TPSA) is 86.8 Å². The van der Waals surface area contributed by atoms with Crippen molar-refractivity contribution in [2.45, 2.75) is 25.9 Å². The van der Waals surface area contributed by atoms with Crippen molar-refractivity contribution in [1.29, 1.82) is 0 Å². The van der Waals surface area contributed by atoms with Gasteiger partial charge in [0.2, 0.25) is 0 Å². The molecule has 0 spiro atoms. The van der Waals surface area contributed by atoms with Crippen molar-refractivity contribution < 1.29 is 19.2 Å². The maximum Gasteiger partial charge on any atom is 0.263 e. The number of anilines is 1. The average molecular weight is 377 g/mol. The molecule has 7 heteroatoms. The number of nitrogens with one attached hydrogen (secondary N) is 1. The van der Waals surface area contributed by atoms with Crippen molar-refractivity contribution in [1.82, 2.24) is 9.80 Å². The van der Waals surface area contributed by atoms with Crippen molar-refractivity contribution in [2.75, 3.05) is 12.4 Å². The zero-order valence-corrected chi connectivity index (χ0v) is 15.6. The molecule has 4 rings (SSSR count). The van der Waals surface area contributed by atoms with Gasteiger partial charge in [0.05, 0.1) is 22.3 Å². The van der Waals surface area contributed by atoms with Crippen LogP contribution >= 0.6 is 0 Å². The molecule has 2 aliphatic rings. The summed E-state index contributed by atoms with van der Waals surface area (Å²) in [6, 6.07) is 11.6. The van der Waals surface area contributed by atoms with Gasteiger partial charge in [-0.25, -0.2) is 0 Å². The Bertz CT molecular complexity index is 995. The molecule has 0 bridgehead atoms. The van der Waals surface area contributed by atoms with Crippen molar-refractivity contribution in [3.8, 4) is 0 Å². The van der Waals surface area contributed by atoms with Gasteiger partial charge in [-0.2, -0.15) is 0 Å². The molecule has 0 aliphatic carbocycles. The van der Waals surface area contributed by atoms with Crippen LogP contribution in [0.15, 0.2) is 42.5 Å². The summed E-state index contributed by atoms with van der Waals surface area (Å²) < 4.78 is 0. The number of carbonyl (C=O) groups excluding carboxylic acids is 4. The van der Waals surface area contributed by atoms with Crippen LogP contribution in [0.25, 0.3) is 0 Å². The maximum absolute atomic E-state index is 12.8. The van der Waals surface area contributed by atoms with Crippen LogP contribution in [0.4, 0.5) is 5.69 Å². The number of fused-ring (bicyclic) bond motifs is 2. The lowest BCUT2D eigenvalue weighted by Gasteiger charge is -2.28. The predicted molar refractivity (Wildman–Crippen MR) is 102 cm³/mol. The van der Waals surface area contributed by atoms with Crippen LogP contribution in [-0.2, 0) is 0 Å². The largest absolute Gasteiger partial charge is 0.365 e. The number of imide groups is 2. The standard InChI is InChI=1S/C21H19N3O4/c1-3-6-17(24-20(27)13-7-4-5-8-14(13)21(24)28)22-12-9-10-15-16(11-12)19(26)23(2)18(15)25/h4-5,7-11,17,22H,3,6H2,1-2H3. The second kappa shape index (κ2) is 6.60. The van der Waals surface area contributed by atoms with E-state index in [0.29, 0.717) is 34.4 Å². The summed E-state index contributed by atoms with van der Waals surface area (Å²) in [6.07, 6.45) is 0.742. The van der Waals surface area contributed by atoms with Gasteiger partial charge in [0, 0.05) is 12.7 Å². The van der Waals surface area contributed by atoms with Gasteiger partial charge in [0.1, 0.15) is 6.17 Å². The number of nitrogens with zero attached hydrogens (tertiary/aromatic N) is 2. The van der Waals surface area contributed by atoms with E-state index in [-0.39, 0.29) is 23.6 Å². The number of rotatable bonds is 5. The summed E-state index contributed by atoms with van der Waals surface area (Å²) in [6.45, 7) is 1.96. The fourth-order valence-corrected chi connectivity index (χ4v) is 3.67. The first-order chi connectivity index (χ1) is 13.4. The molecule has 2 heterocycles.